The van der Waals surface area contributed by atoms with Crippen molar-refractivity contribution >= 4 is 5.97 Å². The van der Waals surface area contributed by atoms with E-state index < -0.39 is 0 Å². The standard InChI is InChI=1S/C22H46N2O2/c1-3-4-5-6-7-8-9-10-11-12-13-14-15-21-26-22(25)17-20-24-19-16-18-23-2/h23-24H,3-21H2,1-2H3. The number of carbonyl (C=O) groups excluding carboxylic acids is 1. The summed E-state index contributed by atoms with van der Waals surface area (Å²) in [5.41, 5.74) is 0. The maximum atomic E-state index is 11.6. The molecular formula is C22H46N2O2. The summed E-state index contributed by atoms with van der Waals surface area (Å²) < 4.78 is 5.28. The fraction of sp³-hybridized carbons (Fsp3) is 0.955. The average Bonchev–Trinajstić information content (AvgIpc) is 2.65. The minimum atomic E-state index is -0.0648. The van der Waals surface area contributed by atoms with Crippen LogP contribution in [0.3, 0.4) is 0 Å². The Morgan fingerprint density at radius 2 is 1.23 bits per heavy atom. The smallest absolute Gasteiger partial charge is 0.307 e. The van der Waals surface area contributed by atoms with E-state index in [0.717, 1.165) is 32.5 Å². The second-order valence-electron chi connectivity index (χ2n) is 7.42. The lowest BCUT2D eigenvalue weighted by Gasteiger charge is -2.06. The van der Waals surface area contributed by atoms with Crippen LogP contribution in [0.1, 0.15) is 103 Å². The lowest BCUT2D eigenvalue weighted by Crippen LogP contribution is -2.23. The summed E-state index contributed by atoms with van der Waals surface area (Å²) in [7, 11) is 1.95. The van der Waals surface area contributed by atoms with Gasteiger partial charge in [0.05, 0.1) is 13.0 Å². The van der Waals surface area contributed by atoms with Crippen LogP contribution in [0.25, 0.3) is 0 Å². The fourth-order valence-corrected chi connectivity index (χ4v) is 3.08. The molecule has 0 bridgehead atoms. The Morgan fingerprint density at radius 3 is 1.77 bits per heavy atom. The minimum absolute atomic E-state index is 0.0648. The van der Waals surface area contributed by atoms with Crippen molar-refractivity contribution in [2.45, 2.75) is 103 Å². The van der Waals surface area contributed by atoms with E-state index in [0.29, 0.717) is 13.0 Å². The van der Waals surface area contributed by atoms with E-state index in [-0.39, 0.29) is 5.97 Å². The van der Waals surface area contributed by atoms with Crippen LogP contribution in [-0.4, -0.2) is 39.3 Å². The zero-order valence-electron chi connectivity index (χ0n) is 17.8. The molecule has 0 saturated carbocycles. The van der Waals surface area contributed by atoms with Crippen molar-refractivity contribution in [3.63, 3.8) is 0 Å². The SMILES string of the molecule is CCCCCCCCCCCCCCCOC(=O)CCNCCCNC. The molecule has 2 N–H and O–H groups in total. The van der Waals surface area contributed by atoms with Gasteiger partial charge in [-0.3, -0.25) is 4.79 Å². The van der Waals surface area contributed by atoms with E-state index >= 15 is 0 Å². The molecule has 26 heavy (non-hydrogen) atoms. The largest absolute Gasteiger partial charge is 0.466 e. The van der Waals surface area contributed by atoms with Crippen LogP contribution >= 0.6 is 0 Å². The number of esters is 1. The summed E-state index contributed by atoms with van der Waals surface area (Å²) in [6.45, 7) is 5.55. The second-order valence-corrected chi connectivity index (χ2v) is 7.42. The van der Waals surface area contributed by atoms with Crippen LogP contribution in [0.2, 0.25) is 0 Å². The zero-order chi connectivity index (χ0) is 19.1. The first kappa shape index (κ1) is 25.4. The van der Waals surface area contributed by atoms with E-state index in [9.17, 15) is 4.79 Å². The third kappa shape index (κ3) is 21.4. The lowest BCUT2D eigenvalue weighted by atomic mass is 10.0. The number of unbranched alkanes of at least 4 members (excludes halogenated alkanes) is 12. The number of nitrogens with one attached hydrogen (secondary N) is 2. The molecule has 0 aromatic heterocycles. The summed E-state index contributed by atoms with van der Waals surface area (Å²) in [6, 6.07) is 0. The zero-order valence-corrected chi connectivity index (χ0v) is 17.8. The van der Waals surface area contributed by atoms with Crippen molar-refractivity contribution in [1.29, 1.82) is 0 Å². The number of ether oxygens (including phenoxy) is 1. The molecule has 0 spiro atoms. The van der Waals surface area contributed by atoms with E-state index in [1.807, 2.05) is 7.05 Å². The molecule has 4 nitrogen and oxygen atoms in total. The highest BCUT2D eigenvalue weighted by atomic mass is 16.5. The van der Waals surface area contributed by atoms with Crippen LogP contribution < -0.4 is 10.6 Å². The quantitative estimate of drug-likeness (QED) is 0.215. The van der Waals surface area contributed by atoms with Crippen molar-refractivity contribution in [1.82, 2.24) is 10.6 Å². The first-order valence-corrected chi connectivity index (χ1v) is 11.3. The molecule has 0 rings (SSSR count). The van der Waals surface area contributed by atoms with Crippen LogP contribution in [0.5, 0.6) is 0 Å². The molecule has 0 amide bonds. The average molecular weight is 371 g/mol. The third-order valence-corrected chi connectivity index (χ3v) is 4.80. The van der Waals surface area contributed by atoms with Crippen molar-refractivity contribution in [3.05, 3.63) is 0 Å². The summed E-state index contributed by atoms with van der Waals surface area (Å²) >= 11 is 0. The van der Waals surface area contributed by atoms with Crippen molar-refractivity contribution in [2.24, 2.45) is 0 Å². The van der Waals surface area contributed by atoms with Crippen LogP contribution in [0.15, 0.2) is 0 Å². The molecule has 0 saturated heterocycles. The van der Waals surface area contributed by atoms with E-state index in [1.54, 1.807) is 0 Å². The second kappa shape index (κ2) is 22.4. The molecule has 0 aliphatic rings. The lowest BCUT2D eigenvalue weighted by molar-refractivity contribution is -0.143. The van der Waals surface area contributed by atoms with Crippen LogP contribution in [0, 0.1) is 0 Å². The Kier molecular flexibility index (Phi) is 21.9. The highest BCUT2D eigenvalue weighted by Crippen LogP contribution is 2.12. The molecule has 0 aromatic rings. The van der Waals surface area contributed by atoms with Gasteiger partial charge in [-0.25, -0.2) is 0 Å². The van der Waals surface area contributed by atoms with Gasteiger partial charge in [-0.15, -0.1) is 0 Å². The van der Waals surface area contributed by atoms with Gasteiger partial charge in [-0.2, -0.15) is 0 Å². The number of carbonyl (C=O) groups is 1. The predicted octanol–water partition coefficient (Wildman–Crippen LogP) is 5.21. The Bertz CT molecular complexity index is 285. The molecule has 0 atom stereocenters. The Hall–Kier alpha value is -0.610. The van der Waals surface area contributed by atoms with Gasteiger partial charge in [0, 0.05) is 6.54 Å². The van der Waals surface area contributed by atoms with Gasteiger partial charge in [0.1, 0.15) is 0 Å². The Morgan fingerprint density at radius 1 is 0.692 bits per heavy atom. The topological polar surface area (TPSA) is 50.4 Å². The minimum Gasteiger partial charge on any atom is -0.466 e. The first-order chi connectivity index (χ1) is 12.8. The number of hydrogen-bond acceptors (Lipinski definition) is 4. The molecule has 0 aliphatic carbocycles. The van der Waals surface area contributed by atoms with Crippen molar-refractivity contribution in [3.8, 4) is 0 Å². The van der Waals surface area contributed by atoms with Crippen molar-refractivity contribution < 1.29 is 9.53 Å². The Labute approximate surface area is 163 Å². The monoisotopic (exact) mass is 370 g/mol. The van der Waals surface area contributed by atoms with E-state index in [2.05, 4.69) is 17.6 Å². The molecular weight excluding hydrogens is 324 g/mol. The third-order valence-electron chi connectivity index (χ3n) is 4.80. The molecule has 4 heteroatoms. The highest BCUT2D eigenvalue weighted by molar-refractivity contribution is 5.69. The fourth-order valence-electron chi connectivity index (χ4n) is 3.08. The van der Waals surface area contributed by atoms with E-state index in [4.69, 9.17) is 4.74 Å². The summed E-state index contributed by atoms with van der Waals surface area (Å²) in [4.78, 5) is 11.6. The number of rotatable bonds is 21. The number of hydrogen-bond donors (Lipinski definition) is 2. The summed E-state index contributed by atoms with van der Waals surface area (Å²) in [5, 5.41) is 6.37. The van der Waals surface area contributed by atoms with Crippen molar-refractivity contribution in [2.75, 3.05) is 33.3 Å². The van der Waals surface area contributed by atoms with Gasteiger partial charge in [-0.1, -0.05) is 84.0 Å². The van der Waals surface area contributed by atoms with Gasteiger partial charge in [-0.05, 0) is 33.0 Å². The first-order valence-electron chi connectivity index (χ1n) is 11.3. The van der Waals surface area contributed by atoms with Gasteiger partial charge in [0.15, 0.2) is 0 Å². The van der Waals surface area contributed by atoms with Crippen LogP contribution in [-0.2, 0) is 9.53 Å². The molecule has 0 aromatic carbocycles. The summed E-state index contributed by atoms with van der Waals surface area (Å²) in [6.07, 6.45) is 19.0. The molecule has 0 radical (unpaired) electrons. The molecule has 156 valence electrons. The summed E-state index contributed by atoms with van der Waals surface area (Å²) in [5.74, 6) is -0.0648. The van der Waals surface area contributed by atoms with Gasteiger partial charge < -0.3 is 15.4 Å². The van der Waals surface area contributed by atoms with Gasteiger partial charge in [0.25, 0.3) is 0 Å². The van der Waals surface area contributed by atoms with Gasteiger partial charge in [0.2, 0.25) is 0 Å². The molecule has 0 aliphatic heterocycles. The molecule has 0 heterocycles. The predicted molar refractivity (Wildman–Crippen MR) is 113 cm³/mol. The van der Waals surface area contributed by atoms with Crippen LogP contribution in [0.4, 0.5) is 0 Å². The molecule has 0 unspecified atom stereocenters. The maximum absolute atomic E-state index is 11.6. The highest BCUT2D eigenvalue weighted by Gasteiger charge is 2.02. The Balaban J connectivity index is 3.11. The van der Waals surface area contributed by atoms with E-state index in [1.165, 1.54) is 77.0 Å². The maximum Gasteiger partial charge on any atom is 0.307 e. The molecule has 0 fully saturated rings. The normalized spacial score (nSPS) is 11.0. The van der Waals surface area contributed by atoms with Gasteiger partial charge >= 0.3 is 5.97 Å².